The van der Waals surface area contributed by atoms with E-state index in [4.69, 9.17) is 16.2 Å². The molecule has 4 aromatic rings. The second-order valence-electron chi connectivity index (χ2n) is 6.89. The zero-order chi connectivity index (χ0) is 19.3. The Kier molecular flexibility index (Phi) is 3.91. The summed E-state index contributed by atoms with van der Waals surface area (Å²) in [5.41, 5.74) is 4.97. The van der Waals surface area contributed by atoms with E-state index in [1.165, 1.54) is 0 Å². The maximum Gasteiger partial charge on any atom is 0.255 e. The number of hydrogen-bond acceptors (Lipinski definition) is 5. The first-order chi connectivity index (χ1) is 13.6. The number of aryl methyl sites for hydroxylation is 1. The van der Waals surface area contributed by atoms with Gasteiger partial charge in [0, 0.05) is 25.6 Å². The van der Waals surface area contributed by atoms with Crippen molar-refractivity contribution in [2.75, 3.05) is 0 Å². The van der Waals surface area contributed by atoms with Crippen LogP contribution < -0.4 is 0 Å². The summed E-state index contributed by atoms with van der Waals surface area (Å²) in [6.07, 6.45) is 2.22. The SMILES string of the molecule is Cn1ncc(Cl)c1CC1c2ccccc2C(=O)N1Cc1ccc2nonc2c1. The molecule has 1 atom stereocenters. The van der Waals surface area contributed by atoms with Gasteiger partial charge in [0.05, 0.1) is 23.0 Å². The molecule has 3 heterocycles. The number of carbonyl (C=O) groups is 1. The fourth-order valence-corrected chi connectivity index (χ4v) is 4.06. The number of benzene rings is 2. The lowest BCUT2D eigenvalue weighted by Crippen LogP contribution is -2.29. The van der Waals surface area contributed by atoms with Crippen molar-refractivity contribution in [1.82, 2.24) is 25.0 Å². The number of aromatic nitrogens is 4. The molecule has 0 aliphatic carbocycles. The Morgan fingerprint density at radius 2 is 1.96 bits per heavy atom. The first-order valence-electron chi connectivity index (χ1n) is 8.89. The Morgan fingerprint density at radius 3 is 2.79 bits per heavy atom. The molecule has 0 radical (unpaired) electrons. The van der Waals surface area contributed by atoms with Crippen LogP contribution in [0.3, 0.4) is 0 Å². The van der Waals surface area contributed by atoms with Crippen molar-refractivity contribution in [2.24, 2.45) is 7.05 Å². The minimum absolute atomic E-state index is 0.0114. The van der Waals surface area contributed by atoms with Gasteiger partial charge in [-0.05, 0) is 39.6 Å². The normalized spacial score (nSPS) is 16.1. The smallest absolute Gasteiger partial charge is 0.255 e. The lowest BCUT2D eigenvalue weighted by molar-refractivity contribution is 0.0708. The highest BCUT2D eigenvalue weighted by Crippen LogP contribution is 2.38. The molecular weight excluding hydrogens is 378 g/mol. The molecule has 1 amide bonds. The Hall–Kier alpha value is -3.19. The van der Waals surface area contributed by atoms with Crippen LogP contribution >= 0.6 is 11.6 Å². The Balaban J connectivity index is 1.53. The quantitative estimate of drug-likeness (QED) is 0.530. The van der Waals surface area contributed by atoms with Crippen molar-refractivity contribution in [1.29, 1.82) is 0 Å². The molecule has 2 aromatic carbocycles. The van der Waals surface area contributed by atoms with E-state index in [-0.39, 0.29) is 11.9 Å². The van der Waals surface area contributed by atoms with Crippen molar-refractivity contribution in [3.05, 3.63) is 76.1 Å². The number of rotatable bonds is 4. The van der Waals surface area contributed by atoms with Gasteiger partial charge in [-0.15, -0.1) is 0 Å². The summed E-state index contributed by atoms with van der Waals surface area (Å²) in [5, 5.41) is 12.6. The highest BCUT2D eigenvalue weighted by Gasteiger charge is 2.37. The standard InChI is InChI=1S/C20H16ClN5O2/c1-25-19(15(21)10-22-25)9-18-13-4-2-3-5-14(13)20(27)26(18)11-12-6-7-16-17(8-12)24-28-23-16/h2-8,10,18H,9,11H2,1H3. The van der Waals surface area contributed by atoms with Gasteiger partial charge < -0.3 is 4.90 Å². The molecule has 0 bridgehead atoms. The van der Waals surface area contributed by atoms with Gasteiger partial charge in [-0.3, -0.25) is 9.48 Å². The summed E-state index contributed by atoms with van der Waals surface area (Å²) in [4.78, 5) is 15.0. The van der Waals surface area contributed by atoms with Crippen LogP contribution in [0.1, 0.15) is 33.2 Å². The molecule has 0 N–H and O–H groups in total. The fraction of sp³-hybridized carbons (Fsp3) is 0.200. The average Bonchev–Trinajstić information content (AvgIpc) is 3.37. The molecule has 0 saturated carbocycles. The van der Waals surface area contributed by atoms with Gasteiger partial charge in [-0.2, -0.15) is 5.10 Å². The van der Waals surface area contributed by atoms with Gasteiger partial charge in [0.25, 0.3) is 5.91 Å². The van der Waals surface area contributed by atoms with E-state index in [1.807, 2.05) is 54.4 Å². The molecule has 28 heavy (non-hydrogen) atoms. The zero-order valence-corrected chi connectivity index (χ0v) is 15.8. The number of fused-ring (bicyclic) bond motifs is 2. The van der Waals surface area contributed by atoms with Crippen molar-refractivity contribution in [2.45, 2.75) is 19.0 Å². The molecule has 2 aromatic heterocycles. The van der Waals surface area contributed by atoms with E-state index in [2.05, 4.69) is 15.4 Å². The summed E-state index contributed by atoms with van der Waals surface area (Å²) in [6.45, 7) is 0.455. The molecule has 1 aliphatic rings. The van der Waals surface area contributed by atoms with E-state index in [9.17, 15) is 4.79 Å². The summed E-state index contributed by atoms with van der Waals surface area (Å²) in [7, 11) is 1.86. The molecule has 7 nitrogen and oxygen atoms in total. The highest BCUT2D eigenvalue weighted by molar-refractivity contribution is 6.31. The van der Waals surface area contributed by atoms with E-state index in [1.54, 1.807) is 10.9 Å². The van der Waals surface area contributed by atoms with Gasteiger partial charge in [0.2, 0.25) is 0 Å². The van der Waals surface area contributed by atoms with Crippen LogP contribution in [0.25, 0.3) is 11.0 Å². The van der Waals surface area contributed by atoms with Crippen LogP contribution in [-0.2, 0) is 20.0 Å². The van der Waals surface area contributed by atoms with E-state index >= 15 is 0 Å². The van der Waals surface area contributed by atoms with Gasteiger partial charge in [-0.1, -0.05) is 35.9 Å². The monoisotopic (exact) mass is 393 g/mol. The van der Waals surface area contributed by atoms with E-state index in [0.717, 1.165) is 22.4 Å². The van der Waals surface area contributed by atoms with E-state index in [0.29, 0.717) is 29.0 Å². The lowest BCUT2D eigenvalue weighted by Gasteiger charge is -2.26. The summed E-state index contributed by atoms with van der Waals surface area (Å²) < 4.78 is 6.54. The van der Waals surface area contributed by atoms with Crippen LogP contribution in [0.4, 0.5) is 0 Å². The van der Waals surface area contributed by atoms with Crippen LogP contribution in [-0.4, -0.2) is 30.9 Å². The summed E-state index contributed by atoms with van der Waals surface area (Å²) in [6, 6.07) is 13.3. The van der Waals surface area contributed by atoms with Crippen molar-refractivity contribution in [3.63, 3.8) is 0 Å². The van der Waals surface area contributed by atoms with Gasteiger partial charge in [0.15, 0.2) is 0 Å². The van der Waals surface area contributed by atoms with Crippen molar-refractivity contribution >= 4 is 28.5 Å². The molecule has 8 heteroatoms. The number of nitrogens with zero attached hydrogens (tertiary/aromatic N) is 5. The molecule has 1 unspecified atom stereocenters. The molecule has 0 saturated heterocycles. The summed E-state index contributed by atoms with van der Waals surface area (Å²) in [5.74, 6) is 0.0114. The maximum atomic E-state index is 13.1. The largest absolute Gasteiger partial charge is 0.327 e. The predicted molar refractivity (Wildman–Crippen MR) is 103 cm³/mol. The Labute approximate surface area is 165 Å². The average molecular weight is 394 g/mol. The minimum atomic E-state index is -0.122. The first-order valence-corrected chi connectivity index (χ1v) is 9.27. The first kappa shape index (κ1) is 16.9. The second-order valence-corrected chi connectivity index (χ2v) is 7.30. The molecule has 1 aliphatic heterocycles. The highest BCUT2D eigenvalue weighted by atomic mass is 35.5. The van der Waals surface area contributed by atoms with Crippen LogP contribution in [0.15, 0.2) is 53.3 Å². The van der Waals surface area contributed by atoms with Gasteiger partial charge in [0.1, 0.15) is 11.0 Å². The molecular formula is C20H16ClN5O2. The van der Waals surface area contributed by atoms with Crippen molar-refractivity contribution < 1.29 is 9.42 Å². The molecule has 0 spiro atoms. The second kappa shape index (κ2) is 6.45. The van der Waals surface area contributed by atoms with Crippen LogP contribution in [0.5, 0.6) is 0 Å². The number of halogens is 1. The number of amides is 1. The summed E-state index contributed by atoms with van der Waals surface area (Å²) >= 11 is 6.34. The van der Waals surface area contributed by atoms with Crippen molar-refractivity contribution in [3.8, 4) is 0 Å². The Morgan fingerprint density at radius 1 is 1.14 bits per heavy atom. The topological polar surface area (TPSA) is 77.0 Å². The molecule has 140 valence electrons. The van der Waals surface area contributed by atoms with Crippen LogP contribution in [0, 0.1) is 0 Å². The molecule has 0 fully saturated rings. The van der Waals surface area contributed by atoms with Gasteiger partial charge in [-0.25, -0.2) is 4.63 Å². The maximum absolute atomic E-state index is 13.1. The predicted octanol–water partition coefficient (Wildman–Crippen LogP) is 3.55. The Bertz CT molecular complexity index is 1180. The third kappa shape index (κ3) is 2.66. The third-order valence-electron chi connectivity index (χ3n) is 5.26. The van der Waals surface area contributed by atoms with Gasteiger partial charge >= 0.3 is 0 Å². The number of carbonyl (C=O) groups excluding carboxylic acids is 1. The molecule has 5 rings (SSSR count). The number of hydrogen-bond donors (Lipinski definition) is 0. The third-order valence-corrected chi connectivity index (χ3v) is 5.57. The zero-order valence-electron chi connectivity index (χ0n) is 15.0. The minimum Gasteiger partial charge on any atom is -0.327 e. The van der Waals surface area contributed by atoms with E-state index < -0.39 is 0 Å². The van der Waals surface area contributed by atoms with Crippen LogP contribution in [0.2, 0.25) is 5.02 Å². The lowest BCUT2D eigenvalue weighted by atomic mass is 10.0. The fourth-order valence-electron chi connectivity index (χ4n) is 3.82.